The van der Waals surface area contributed by atoms with Crippen LogP contribution in [-0.4, -0.2) is 17.0 Å². The van der Waals surface area contributed by atoms with Crippen LogP contribution in [0.3, 0.4) is 0 Å². The second-order valence-corrected chi connectivity index (χ2v) is 5.89. The van der Waals surface area contributed by atoms with Gasteiger partial charge in [0, 0.05) is 11.3 Å². The van der Waals surface area contributed by atoms with Gasteiger partial charge in [0.15, 0.2) is 0 Å². The molecule has 4 nitrogen and oxygen atoms in total. The molecule has 1 heterocycles. The smallest absolute Gasteiger partial charge is 0.310 e. The number of hydrogen-bond acceptors (Lipinski definition) is 2. The van der Waals surface area contributed by atoms with Gasteiger partial charge in [-0.2, -0.15) is 0 Å². The number of carbonyl (C=O) groups is 2. The van der Waals surface area contributed by atoms with Gasteiger partial charge in [-0.3, -0.25) is 9.59 Å². The van der Waals surface area contributed by atoms with Crippen LogP contribution in [0.1, 0.15) is 46.8 Å². The van der Waals surface area contributed by atoms with E-state index in [9.17, 15) is 9.59 Å². The number of anilines is 1. The van der Waals surface area contributed by atoms with Crippen LogP contribution in [-0.2, 0) is 17.8 Å². The number of amides is 1. The lowest BCUT2D eigenvalue weighted by Crippen LogP contribution is -2.23. The average molecular weight is 309 g/mol. The molecule has 2 aromatic carbocycles. The minimum atomic E-state index is -0.852. The fourth-order valence-corrected chi connectivity index (χ4v) is 2.89. The molecule has 0 bridgehead atoms. The molecule has 23 heavy (non-hydrogen) atoms. The Morgan fingerprint density at radius 2 is 1.91 bits per heavy atom. The van der Waals surface area contributed by atoms with Crippen molar-refractivity contribution in [3.8, 4) is 0 Å². The fraction of sp³-hybridized carbons (Fsp3) is 0.263. The summed E-state index contributed by atoms with van der Waals surface area (Å²) in [6.45, 7) is 4.31. The van der Waals surface area contributed by atoms with Gasteiger partial charge in [-0.05, 0) is 48.2 Å². The Morgan fingerprint density at radius 3 is 2.52 bits per heavy atom. The molecule has 0 saturated heterocycles. The predicted molar refractivity (Wildman–Crippen MR) is 88.8 cm³/mol. The van der Waals surface area contributed by atoms with E-state index < -0.39 is 11.9 Å². The van der Waals surface area contributed by atoms with E-state index in [0.29, 0.717) is 6.54 Å². The van der Waals surface area contributed by atoms with E-state index in [-0.39, 0.29) is 5.91 Å². The minimum Gasteiger partial charge on any atom is -0.481 e. The largest absolute Gasteiger partial charge is 0.481 e. The molecule has 0 fully saturated rings. The third-order valence-electron chi connectivity index (χ3n) is 4.46. The van der Waals surface area contributed by atoms with E-state index in [1.807, 2.05) is 24.3 Å². The van der Waals surface area contributed by atoms with Gasteiger partial charge < -0.3 is 10.0 Å². The maximum absolute atomic E-state index is 12.6. The second kappa shape index (κ2) is 5.88. The summed E-state index contributed by atoms with van der Waals surface area (Å²) in [5.74, 6) is -1.40. The number of aryl methyl sites for hydroxylation is 1. The van der Waals surface area contributed by atoms with E-state index in [2.05, 4.69) is 13.0 Å². The summed E-state index contributed by atoms with van der Waals surface area (Å²) in [7, 11) is 0. The Labute approximate surface area is 135 Å². The average Bonchev–Trinajstić information content (AvgIpc) is 2.90. The maximum Gasteiger partial charge on any atom is 0.310 e. The number of carboxylic acids is 1. The number of fused-ring (bicyclic) bond motifs is 1. The van der Waals surface area contributed by atoms with E-state index in [1.54, 1.807) is 24.0 Å². The first kappa shape index (κ1) is 15.3. The lowest BCUT2D eigenvalue weighted by molar-refractivity contribution is -0.138. The van der Waals surface area contributed by atoms with Gasteiger partial charge in [0.2, 0.25) is 0 Å². The Bertz CT molecular complexity index is 765. The van der Waals surface area contributed by atoms with Crippen LogP contribution in [0.25, 0.3) is 0 Å². The van der Waals surface area contributed by atoms with Crippen LogP contribution in [0.4, 0.5) is 5.69 Å². The molecule has 118 valence electrons. The van der Waals surface area contributed by atoms with Crippen LogP contribution < -0.4 is 4.90 Å². The van der Waals surface area contributed by atoms with Gasteiger partial charge >= 0.3 is 5.97 Å². The van der Waals surface area contributed by atoms with Crippen molar-refractivity contribution < 1.29 is 14.7 Å². The number of rotatable bonds is 4. The molecule has 1 unspecified atom stereocenters. The molecule has 3 rings (SSSR count). The monoisotopic (exact) mass is 309 g/mol. The van der Waals surface area contributed by atoms with Gasteiger partial charge in [0.05, 0.1) is 12.5 Å². The molecule has 0 aromatic heterocycles. The number of nitrogens with zero attached hydrogens (tertiary/aromatic N) is 1. The van der Waals surface area contributed by atoms with Gasteiger partial charge in [-0.25, -0.2) is 0 Å². The fourth-order valence-electron chi connectivity index (χ4n) is 2.89. The summed E-state index contributed by atoms with van der Waals surface area (Å²) in [6.07, 6.45) is 0.948. The van der Waals surface area contributed by atoms with Crippen molar-refractivity contribution in [2.45, 2.75) is 32.7 Å². The number of aliphatic carboxylic acids is 1. The maximum atomic E-state index is 12.6. The van der Waals surface area contributed by atoms with Crippen molar-refractivity contribution in [1.82, 2.24) is 0 Å². The Hall–Kier alpha value is -2.62. The Kier molecular flexibility index (Phi) is 3.90. The molecule has 0 aliphatic carbocycles. The molecular weight excluding hydrogens is 290 g/mol. The van der Waals surface area contributed by atoms with Crippen molar-refractivity contribution in [1.29, 1.82) is 0 Å². The van der Waals surface area contributed by atoms with Crippen molar-refractivity contribution in [3.63, 3.8) is 0 Å². The molecule has 0 saturated carbocycles. The molecule has 1 aliphatic heterocycles. The predicted octanol–water partition coefficient (Wildman–Crippen LogP) is 3.60. The van der Waals surface area contributed by atoms with E-state index in [1.165, 1.54) is 5.56 Å². The summed E-state index contributed by atoms with van der Waals surface area (Å²) >= 11 is 0. The molecule has 1 atom stereocenters. The highest BCUT2D eigenvalue weighted by atomic mass is 16.4. The zero-order valence-corrected chi connectivity index (χ0v) is 13.2. The van der Waals surface area contributed by atoms with Crippen molar-refractivity contribution in [2.75, 3.05) is 4.90 Å². The zero-order chi connectivity index (χ0) is 16.6. The van der Waals surface area contributed by atoms with E-state index in [4.69, 9.17) is 5.11 Å². The number of carbonyl (C=O) groups excluding carboxylic acids is 1. The SMILES string of the molecule is CCc1ccc2c(c1)CN(c1ccc(C(C)C(=O)O)cc1)C2=O. The first-order chi connectivity index (χ1) is 11.0. The van der Waals surface area contributed by atoms with Crippen LogP contribution in [0.5, 0.6) is 0 Å². The van der Waals surface area contributed by atoms with E-state index in [0.717, 1.165) is 28.8 Å². The van der Waals surface area contributed by atoms with Crippen LogP contribution in [0, 0.1) is 0 Å². The minimum absolute atomic E-state index is 0.00156. The zero-order valence-electron chi connectivity index (χ0n) is 13.2. The van der Waals surface area contributed by atoms with Crippen molar-refractivity contribution in [3.05, 3.63) is 64.7 Å². The number of benzene rings is 2. The molecule has 1 aliphatic rings. The highest BCUT2D eigenvalue weighted by Crippen LogP contribution is 2.30. The summed E-state index contributed by atoms with van der Waals surface area (Å²) in [4.78, 5) is 25.3. The van der Waals surface area contributed by atoms with Crippen molar-refractivity contribution >= 4 is 17.6 Å². The summed E-state index contributed by atoms with van der Waals surface area (Å²) in [6, 6.07) is 13.2. The third kappa shape index (κ3) is 2.72. The second-order valence-electron chi connectivity index (χ2n) is 5.89. The topological polar surface area (TPSA) is 57.6 Å². The van der Waals surface area contributed by atoms with Crippen LogP contribution in [0.2, 0.25) is 0 Å². The number of carboxylic acid groups (broad SMARTS) is 1. The molecule has 1 amide bonds. The van der Waals surface area contributed by atoms with Crippen molar-refractivity contribution in [2.24, 2.45) is 0 Å². The van der Waals surface area contributed by atoms with Gasteiger partial charge in [0.25, 0.3) is 5.91 Å². The highest BCUT2D eigenvalue weighted by molar-refractivity contribution is 6.10. The standard InChI is InChI=1S/C19H19NO3/c1-3-13-4-9-17-15(10-13)11-20(18(17)21)16-7-5-14(6-8-16)12(2)19(22)23/h4-10,12H,3,11H2,1-2H3,(H,22,23). The molecular formula is C19H19NO3. The summed E-state index contributed by atoms with van der Waals surface area (Å²) in [5.41, 5.74) is 4.57. The van der Waals surface area contributed by atoms with E-state index >= 15 is 0 Å². The Morgan fingerprint density at radius 1 is 1.22 bits per heavy atom. The summed E-state index contributed by atoms with van der Waals surface area (Å²) < 4.78 is 0. The lowest BCUT2D eigenvalue weighted by Gasteiger charge is -2.16. The first-order valence-electron chi connectivity index (χ1n) is 7.77. The molecule has 2 aromatic rings. The summed E-state index contributed by atoms with van der Waals surface area (Å²) in [5, 5.41) is 9.06. The molecule has 1 N–H and O–H groups in total. The van der Waals surface area contributed by atoms with Gasteiger partial charge in [-0.1, -0.05) is 31.2 Å². The third-order valence-corrected chi connectivity index (χ3v) is 4.46. The van der Waals surface area contributed by atoms with Crippen LogP contribution in [0.15, 0.2) is 42.5 Å². The highest BCUT2D eigenvalue weighted by Gasteiger charge is 2.28. The normalized spacial score (nSPS) is 14.7. The number of hydrogen-bond donors (Lipinski definition) is 1. The molecule has 0 radical (unpaired) electrons. The van der Waals surface area contributed by atoms with Gasteiger partial charge in [0.1, 0.15) is 0 Å². The molecule has 4 heteroatoms. The Balaban J connectivity index is 1.86. The first-order valence-corrected chi connectivity index (χ1v) is 7.77. The quantitative estimate of drug-likeness (QED) is 0.939. The lowest BCUT2D eigenvalue weighted by atomic mass is 10.0. The van der Waals surface area contributed by atoms with Crippen LogP contribution >= 0.6 is 0 Å². The van der Waals surface area contributed by atoms with Gasteiger partial charge in [-0.15, -0.1) is 0 Å². The molecule has 0 spiro atoms.